The molecule has 5 nitrogen and oxygen atoms in total. The number of aryl methyl sites for hydroxylation is 2. The minimum atomic E-state index is -0.257. The van der Waals surface area contributed by atoms with Crippen LogP contribution in [-0.2, 0) is 12.8 Å². The molecule has 0 bridgehead atoms. The molecule has 3 aromatic rings. The van der Waals surface area contributed by atoms with Crippen molar-refractivity contribution >= 4 is 28.1 Å². The maximum atomic E-state index is 12.5. The van der Waals surface area contributed by atoms with E-state index in [1.54, 1.807) is 6.07 Å². The van der Waals surface area contributed by atoms with Gasteiger partial charge in [0.2, 0.25) is 5.78 Å². The number of carbonyl (C=O) groups excluding carboxylic acids is 1. The molecule has 0 amide bonds. The number of hydrogen-bond donors (Lipinski definition) is 0. The Bertz CT molecular complexity index is 1000. The summed E-state index contributed by atoms with van der Waals surface area (Å²) in [6.45, 7) is 8.05. The predicted octanol–water partition coefficient (Wildman–Crippen LogP) is 3.89. The molecule has 0 atom stereocenters. The molecular formula is C19H20N2O3S. The fourth-order valence-corrected chi connectivity index (χ4v) is 3.66. The summed E-state index contributed by atoms with van der Waals surface area (Å²) >= 11 is 1.43. The van der Waals surface area contributed by atoms with Crippen LogP contribution < -0.4 is 5.43 Å². The van der Waals surface area contributed by atoms with Crippen molar-refractivity contribution < 1.29 is 9.21 Å². The lowest BCUT2D eigenvalue weighted by Crippen LogP contribution is -2.10. The predicted molar refractivity (Wildman–Crippen MR) is 98.4 cm³/mol. The zero-order chi connectivity index (χ0) is 18.1. The Hall–Kier alpha value is -2.34. The fraction of sp³-hybridized carbons (Fsp3) is 0.368. The van der Waals surface area contributed by atoms with Gasteiger partial charge < -0.3 is 4.42 Å². The summed E-state index contributed by atoms with van der Waals surface area (Å²) in [6.07, 6.45) is 0.935. The van der Waals surface area contributed by atoms with Crippen molar-refractivity contribution in [1.82, 2.24) is 10.2 Å². The van der Waals surface area contributed by atoms with Gasteiger partial charge in [-0.2, -0.15) is 0 Å². The van der Waals surface area contributed by atoms with Crippen molar-refractivity contribution in [3.63, 3.8) is 0 Å². The van der Waals surface area contributed by atoms with Gasteiger partial charge in [0.15, 0.2) is 11.2 Å². The first-order chi connectivity index (χ1) is 11.8. The van der Waals surface area contributed by atoms with Crippen LogP contribution in [0.15, 0.2) is 27.4 Å². The first-order valence-corrected chi connectivity index (χ1v) is 9.05. The number of Topliss-reactive ketones (excluding diaryl/α,β-unsaturated/α-hetero) is 1. The molecule has 6 heteroatoms. The van der Waals surface area contributed by atoms with Crippen LogP contribution in [0.5, 0.6) is 0 Å². The normalized spacial score (nSPS) is 11.4. The third kappa shape index (κ3) is 3.69. The molecule has 0 aliphatic heterocycles. The molecule has 2 aromatic heterocycles. The van der Waals surface area contributed by atoms with E-state index >= 15 is 0 Å². The Morgan fingerprint density at radius 2 is 1.92 bits per heavy atom. The van der Waals surface area contributed by atoms with E-state index in [9.17, 15) is 9.59 Å². The number of carbonyl (C=O) groups is 1. The molecule has 130 valence electrons. The van der Waals surface area contributed by atoms with E-state index in [2.05, 4.69) is 24.0 Å². The van der Waals surface area contributed by atoms with E-state index in [0.29, 0.717) is 21.9 Å². The second-order valence-electron chi connectivity index (χ2n) is 6.65. The zero-order valence-electron chi connectivity index (χ0n) is 14.8. The van der Waals surface area contributed by atoms with Gasteiger partial charge in [-0.1, -0.05) is 19.9 Å². The van der Waals surface area contributed by atoms with Crippen LogP contribution in [0.25, 0.3) is 11.0 Å². The Balaban J connectivity index is 1.91. The molecule has 0 saturated carbocycles. The van der Waals surface area contributed by atoms with E-state index in [4.69, 9.17) is 4.42 Å². The summed E-state index contributed by atoms with van der Waals surface area (Å²) in [7, 11) is 0. The molecular weight excluding hydrogens is 336 g/mol. The van der Waals surface area contributed by atoms with E-state index in [1.165, 1.54) is 17.4 Å². The van der Waals surface area contributed by atoms with Crippen LogP contribution >= 0.6 is 11.3 Å². The average molecular weight is 356 g/mol. The van der Waals surface area contributed by atoms with Crippen molar-refractivity contribution in [2.45, 2.75) is 40.5 Å². The number of aromatic nitrogens is 2. The quantitative estimate of drug-likeness (QED) is 0.649. The van der Waals surface area contributed by atoms with E-state index in [0.717, 1.165) is 22.6 Å². The Kier molecular flexibility index (Phi) is 4.81. The van der Waals surface area contributed by atoms with Gasteiger partial charge in [0.05, 0.1) is 11.8 Å². The minimum Gasteiger partial charge on any atom is -0.452 e. The molecule has 0 aliphatic rings. The van der Waals surface area contributed by atoms with E-state index < -0.39 is 0 Å². The van der Waals surface area contributed by atoms with E-state index in [1.807, 2.05) is 19.9 Å². The Morgan fingerprint density at radius 3 is 2.64 bits per heavy atom. The van der Waals surface area contributed by atoms with Gasteiger partial charge in [0.25, 0.3) is 0 Å². The lowest BCUT2D eigenvalue weighted by Gasteiger charge is -2.06. The molecule has 0 unspecified atom stereocenters. The van der Waals surface area contributed by atoms with Gasteiger partial charge in [-0.25, -0.2) is 0 Å². The van der Waals surface area contributed by atoms with Crippen molar-refractivity contribution in [2.75, 3.05) is 0 Å². The second kappa shape index (κ2) is 6.88. The van der Waals surface area contributed by atoms with Crippen molar-refractivity contribution in [3.05, 3.63) is 55.3 Å². The molecule has 2 heterocycles. The topological polar surface area (TPSA) is 73.1 Å². The van der Waals surface area contributed by atoms with Gasteiger partial charge in [0, 0.05) is 12.5 Å². The van der Waals surface area contributed by atoms with Crippen LogP contribution in [0.1, 0.15) is 45.5 Å². The Morgan fingerprint density at radius 1 is 1.20 bits per heavy atom. The number of nitrogens with zero attached hydrogens (tertiary/aromatic N) is 2. The third-order valence-electron chi connectivity index (χ3n) is 4.09. The minimum absolute atomic E-state index is 0.0757. The summed E-state index contributed by atoms with van der Waals surface area (Å²) in [6, 6.07) is 4.89. The molecule has 25 heavy (non-hydrogen) atoms. The van der Waals surface area contributed by atoms with Crippen molar-refractivity contribution in [3.8, 4) is 0 Å². The number of hydrogen-bond acceptors (Lipinski definition) is 6. The number of rotatable bonds is 5. The number of fused-ring (bicyclic) bond motifs is 1. The maximum Gasteiger partial charge on any atom is 0.205 e. The van der Waals surface area contributed by atoms with Gasteiger partial charge in [0.1, 0.15) is 15.6 Å². The van der Waals surface area contributed by atoms with Crippen LogP contribution in [0.4, 0.5) is 0 Å². The van der Waals surface area contributed by atoms with E-state index in [-0.39, 0.29) is 23.4 Å². The van der Waals surface area contributed by atoms with Crippen LogP contribution in [0, 0.1) is 19.8 Å². The van der Waals surface area contributed by atoms with Gasteiger partial charge >= 0.3 is 0 Å². The summed E-state index contributed by atoms with van der Waals surface area (Å²) < 4.78 is 5.77. The number of ketones is 1. The van der Waals surface area contributed by atoms with Crippen LogP contribution in [-0.4, -0.2) is 16.0 Å². The average Bonchev–Trinajstić information content (AvgIpc) is 2.97. The fourth-order valence-electron chi connectivity index (χ4n) is 2.61. The van der Waals surface area contributed by atoms with Gasteiger partial charge in [-0.05, 0) is 37.0 Å². The highest BCUT2D eigenvalue weighted by atomic mass is 32.1. The van der Waals surface area contributed by atoms with Gasteiger partial charge in [-0.3, -0.25) is 9.59 Å². The number of benzene rings is 1. The SMILES string of the molecule is Cc1ccc2c(=O)cc(C(=O)Cc3nnc(CC(C)C)s3)oc2c1C. The van der Waals surface area contributed by atoms with Gasteiger partial charge in [-0.15, -0.1) is 21.5 Å². The lowest BCUT2D eigenvalue weighted by molar-refractivity contribution is 0.0966. The smallest absolute Gasteiger partial charge is 0.205 e. The molecule has 0 N–H and O–H groups in total. The molecule has 0 fully saturated rings. The standard InChI is InChI=1S/C19H20N2O3S/c1-10(2)7-17-20-21-18(25-17)9-15(23)16-8-14(22)13-6-5-11(3)12(4)19(13)24-16/h5-6,8,10H,7,9H2,1-4H3. The van der Waals surface area contributed by atoms with Crippen molar-refractivity contribution in [1.29, 1.82) is 0 Å². The van der Waals surface area contributed by atoms with Crippen LogP contribution in [0.2, 0.25) is 0 Å². The third-order valence-corrected chi connectivity index (χ3v) is 5.04. The Labute approximate surface area is 149 Å². The van der Waals surface area contributed by atoms with Crippen LogP contribution in [0.3, 0.4) is 0 Å². The molecule has 0 radical (unpaired) electrons. The van der Waals surface area contributed by atoms with Crippen molar-refractivity contribution in [2.24, 2.45) is 5.92 Å². The molecule has 0 aliphatic carbocycles. The monoisotopic (exact) mass is 356 g/mol. The molecule has 0 saturated heterocycles. The highest BCUT2D eigenvalue weighted by molar-refractivity contribution is 7.11. The summed E-state index contributed by atoms with van der Waals surface area (Å²) in [5.74, 6) is 0.306. The highest BCUT2D eigenvalue weighted by Crippen LogP contribution is 2.21. The lowest BCUT2D eigenvalue weighted by atomic mass is 10.1. The zero-order valence-corrected chi connectivity index (χ0v) is 15.6. The largest absolute Gasteiger partial charge is 0.452 e. The molecule has 3 rings (SSSR count). The molecule has 1 aromatic carbocycles. The molecule has 0 spiro atoms. The summed E-state index contributed by atoms with van der Waals surface area (Å²) in [5, 5.41) is 10.3. The first kappa shape index (κ1) is 17.5. The summed E-state index contributed by atoms with van der Waals surface area (Å²) in [4.78, 5) is 24.9. The second-order valence-corrected chi connectivity index (χ2v) is 7.79. The highest BCUT2D eigenvalue weighted by Gasteiger charge is 2.17. The first-order valence-electron chi connectivity index (χ1n) is 8.23. The summed E-state index contributed by atoms with van der Waals surface area (Å²) in [5.41, 5.74) is 2.17. The maximum absolute atomic E-state index is 12.5.